The summed E-state index contributed by atoms with van der Waals surface area (Å²) < 4.78 is 0. The summed E-state index contributed by atoms with van der Waals surface area (Å²) in [5, 5.41) is 11.0. The Bertz CT molecular complexity index is 1290. The van der Waals surface area contributed by atoms with Gasteiger partial charge in [0.15, 0.2) is 0 Å². The number of unbranched alkanes of at least 4 members (excludes halogenated alkanes) is 2. The van der Waals surface area contributed by atoms with E-state index in [0.717, 1.165) is 11.1 Å². The van der Waals surface area contributed by atoms with Gasteiger partial charge in [0.25, 0.3) is 0 Å². The van der Waals surface area contributed by atoms with Crippen LogP contribution in [0.5, 0.6) is 0 Å². The molecule has 2 aliphatic heterocycles. The molecular formula is C31H38N6O6. The van der Waals surface area contributed by atoms with Gasteiger partial charge in [-0.2, -0.15) is 0 Å². The van der Waals surface area contributed by atoms with Crippen LogP contribution >= 0.6 is 0 Å². The van der Waals surface area contributed by atoms with Crippen LogP contribution in [0.4, 0.5) is 0 Å². The van der Waals surface area contributed by atoms with Gasteiger partial charge >= 0.3 is 0 Å². The zero-order chi connectivity index (χ0) is 30.6. The van der Waals surface area contributed by atoms with Gasteiger partial charge in [0, 0.05) is 25.8 Å². The van der Waals surface area contributed by atoms with Gasteiger partial charge in [0.1, 0.15) is 24.2 Å². The van der Waals surface area contributed by atoms with E-state index in [0.29, 0.717) is 38.6 Å². The lowest BCUT2D eigenvalue weighted by atomic mass is 10.00. The molecule has 0 aromatic heterocycles. The van der Waals surface area contributed by atoms with Crippen LogP contribution in [0.15, 0.2) is 65.9 Å². The van der Waals surface area contributed by atoms with E-state index in [9.17, 15) is 28.9 Å². The molecule has 0 bridgehead atoms. The second-order valence-corrected chi connectivity index (χ2v) is 11.0. The van der Waals surface area contributed by atoms with Crippen LogP contribution in [-0.2, 0) is 36.8 Å². The first-order valence-corrected chi connectivity index (χ1v) is 14.8. The number of nitrogens with one attached hydrogen (secondary N) is 4. The van der Waals surface area contributed by atoms with Gasteiger partial charge in [0.2, 0.25) is 29.5 Å². The van der Waals surface area contributed by atoms with Gasteiger partial charge < -0.3 is 20.9 Å². The molecule has 43 heavy (non-hydrogen) atoms. The molecule has 0 spiro atoms. The summed E-state index contributed by atoms with van der Waals surface area (Å²) in [5.74, 6) is -2.21. The molecule has 2 saturated heterocycles. The highest BCUT2D eigenvalue weighted by Crippen LogP contribution is 2.21. The molecule has 4 atom stereocenters. The Morgan fingerprint density at radius 2 is 1.35 bits per heavy atom. The molecule has 0 saturated carbocycles. The molecule has 2 fully saturated rings. The average molecular weight is 591 g/mol. The third-order valence-electron chi connectivity index (χ3n) is 7.85. The number of rotatable bonds is 11. The number of carbonyl (C=O) groups is 5. The lowest BCUT2D eigenvalue weighted by Gasteiger charge is -2.32. The highest BCUT2D eigenvalue weighted by molar-refractivity contribution is 5.98. The van der Waals surface area contributed by atoms with E-state index in [4.69, 9.17) is 0 Å². The summed E-state index contributed by atoms with van der Waals surface area (Å²) in [4.78, 5) is 77.9. The maximum atomic E-state index is 13.9. The summed E-state index contributed by atoms with van der Waals surface area (Å²) in [6, 6.07) is 15.0. The maximum Gasteiger partial charge on any atom is 0.246 e. The van der Waals surface area contributed by atoms with Gasteiger partial charge in [-0.25, -0.2) is 5.43 Å². The molecule has 4 rings (SSSR count). The minimum Gasteiger partial charge on any atom is -0.343 e. The van der Waals surface area contributed by atoms with Crippen molar-refractivity contribution < 1.29 is 24.0 Å². The fraction of sp³-hybridized carbons (Fsp3) is 0.452. The highest BCUT2D eigenvalue weighted by Gasteiger charge is 2.40. The number of nitrogens with zero attached hydrogens (tertiary/aromatic N) is 2. The van der Waals surface area contributed by atoms with Gasteiger partial charge in [-0.05, 0) is 36.8 Å². The Hall–Kier alpha value is -4.61. The second kappa shape index (κ2) is 15.6. The van der Waals surface area contributed by atoms with Crippen LogP contribution in [0.25, 0.3) is 0 Å². The number of amides is 5. The Balaban J connectivity index is 1.57. The lowest BCUT2D eigenvalue weighted by Crippen LogP contribution is -2.61. The van der Waals surface area contributed by atoms with E-state index in [-0.39, 0.29) is 31.6 Å². The molecule has 2 aliphatic rings. The summed E-state index contributed by atoms with van der Waals surface area (Å²) in [5.41, 5.74) is 3.53. The molecule has 2 heterocycles. The molecule has 4 N–H and O–H groups in total. The van der Waals surface area contributed by atoms with E-state index >= 15 is 0 Å². The van der Waals surface area contributed by atoms with Crippen LogP contribution in [0, 0.1) is 4.91 Å². The molecule has 2 aromatic rings. The van der Waals surface area contributed by atoms with E-state index < -0.39 is 47.8 Å². The van der Waals surface area contributed by atoms with Crippen molar-refractivity contribution in [2.45, 2.75) is 82.0 Å². The molecule has 5 amide bonds. The molecule has 1 unspecified atom stereocenters. The van der Waals surface area contributed by atoms with Crippen LogP contribution in [0.2, 0.25) is 0 Å². The summed E-state index contributed by atoms with van der Waals surface area (Å²) in [6.07, 6.45) is 3.42. The molecule has 12 heteroatoms. The first kappa shape index (κ1) is 31.3. The van der Waals surface area contributed by atoms with E-state index in [1.54, 1.807) is 0 Å². The zero-order valence-corrected chi connectivity index (χ0v) is 24.0. The monoisotopic (exact) mass is 590 g/mol. The van der Waals surface area contributed by atoms with E-state index in [1.165, 1.54) is 4.90 Å². The molecule has 0 radical (unpaired) electrons. The Labute approximate surface area is 250 Å². The molecular weight excluding hydrogens is 552 g/mol. The van der Waals surface area contributed by atoms with Crippen molar-refractivity contribution in [3.8, 4) is 0 Å². The number of carbonyl (C=O) groups excluding carboxylic acids is 5. The predicted octanol–water partition coefficient (Wildman–Crippen LogP) is 1.68. The third-order valence-corrected chi connectivity index (χ3v) is 7.85. The van der Waals surface area contributed by atoms with Crippen LogP contribution < -0.4 is 21.4 Å². The van der Waals surface area contributed by atoms with Crippen molar-refractivity contribution in [2.24, 2.45) is 5.29 Å². The van der Waals surface area contributed by atoms with E-state index in [1.807, 2.05) is 66.1 Å². The summed E-state index contributed by atoms with van der Waals surface area (Å²) in [7, 11) is 0. The first-order chi connectivity index (χ1) is 20.9. The molecule has 228 valence electrons. The number of hydrogen-bond acceptors (Lipinski definition) is 7. The largest absolute Gasteiger partial charge is 0.343 e. The van der Waals surface area contributed by atoms with Crippen molar-refractivity contribution in [3.63, 3.8) is 0 Å². The Morgan fingerprint density at radius 3 is 2.00 bits per heavy atom. The van der Waals surface area contributed by atoms with Crippen molar-refractivity contribution in [2.75, 3.05) is 6.54 Å². The van der Waals surface area contributed by atoms with Crippen molar-refractivity contribution in [1.29, 1.82) is 0 Å². The topological polar surface area (TPSA) is 166 Å². The normalized spacial score (nSPS) is 22.7. The smallest absolute Gasteiger partial charge is 0.246 e. The molecule has 0 aliphatic carbocycles. The van der Waals surface area contributed by atoms with Crippen LogP contribution in [0.3, 0.4) is 0 Å². The fourth-order valence-electron chi connectivity index (χ4n) is 5.61. The zero-order valence-electron chi connectivity index (χ0n) is 24.0. The summed E-state index contributed by atoms with van der Waals surface area (Å²) >= 11 is 0. The van der Waals surface area contributed by atoms with E-state index in [2.05, 4.69) is 21.2 Å². The standard InChI is InChI=1S/C31H38N6O6/c38-27(35-36-43)17-9-3-8-15-23-28(39)33-24(19-21-11-4-1-5-12-21)29(40)34-25(20-22-13-6-2-7-14-22)31(42)37-18-10-16-26(37)30(41)32-23/h1-2,4-7,11-14,23-26H,3,8-10,15-20H2,(H,32,41)(H,33,39)(H,34,40)(H,35,38,43)/t23-,24-,25-,26?/m0/s1. The number of hydrogen-bond donors (Lipinski definition) is 4. The number of nitroso groups, excluding NO2 is 1. The Kier molecular flexibility index (Phi) is 11.3. The first-order valence-electron chi connectivity index (χ1n) is 14.8. The van der Waals surface area contributed by atoms with Gasteiger partial charge in [-0.15, -0.1) is 4.91 Å². The van der Waals surface area contributed by atoms with Crippen molar-refractivity contribution in [1.82, 2.24) is 26.3 Å². The minimum absolute atomic E-state index is 0.109. The predicted molar refractivity (Wildman–Crippen MR) is 158 cm³/mol. The Morgan fingerprint density at radius 1 is 0.767 bits per heavy atom. The number of benzene rings is 2. The quantitative estimate of drug-likeness (QED) is 0.177. The number of fused-ring (bicyclic) bond motifs is 1. The third kappa shape index (κ3) is 8.94. The van der Waals surface area contributed by atoms with Crippen LogP contribution in [0.1, 0.15) is 56.1 Å². The fourth-order valence-corrected chi connectivity index (χ4v) is 5.61. The average Bonchev–Trinajstić information content (AvgIpc) is 3.50. The highest BCUT2D eigenvalue weighted by atomic mass is 16.3. The van der Waals surface area contributed by atoms with Crippen molar-refractivity contribution >= 4 is 29.5 Å². The SMILES string of the molecule is O=NNC(=O)CCCCC[C@@H]1NC(=O)C2CCCN2C(=O)[C@H](Cc2ccccc2)NC(=O)[C@H](Cc2ccccc2)NC1=O. The minimum atomic E-state index is -0.992. The van der Waals surface area contributed by atoms with Crippen molar-refractivity contribution in [3.05, 3.63) is 76.7 Å². The molecule has 12 nitrogen and oxygen atoms in total. The molecule has 2 aromatic carbocycles. The maximum absolute atomic E-state index is 13.9. The van der Waals surface area contributed by atoms with Gasteiger partial charge in [-0.1, -0.05) is 73.5 Å². The second-order valence-electron chi connectivity index (χ2n) is 11.0. The lowest BCUT2D eigenvalue weighted by molar-refractivity contribution is -0.143. The van der Waals surface area contributed by atoms with Crippen LogP contribution in [-0.4, -0.2) is 65.1 Å². The van der Waals surface area contributed by atoms with Gasteiger partial charge in [0.05, 0.1) is 5.29 Å². The summed E-state index contributed by atoms with van der Waals surface area (Å²) in [6.45, 7) is 0.375. The van der Waals surface area contributed by atoms with Gasteiger partial charge in [-0.3, -0.25) is 24.0 Å².